The average Bonchev–Trinajstić information content (AvgIpc) is 2.92. The van der Waals surface area contributed by atoms with E-state index in [2.05, 4.69) is 70.2 Å². The second-order valence-electron chi connectivity index (χ2n) is 5.88. The summed E-state index contributed by atoms with van der Waals surface area (Å²) < 4.78 is 0. The second kappa shape index (κ2) is 5.77. The van der Waals surface area contributed by atoms with Crippen LogP contribution in [0.15, 0.2) is 48.1 Å². The van der Waals surface area contributed by atoms with E-state index >= 15 is 0 Å². The quantitative estimate of drug-likeness (QED) is 0.617. The number of rotatable bonds is 5. The number of allylic oxidation sites excluding steroid dienone is 4. The molecule has 0 fully saturated rings. The Morgan fingerprint density at radius 3 is 2.11 bits per heavy atom. The highest BCUT2D eigenvalue weighted by atomic mass is 14.4. The van der Waals surface area contributed by atoms with Crippen molar-refractivity contribution in [1.29, 1.82) is 0 Å². The van der Waals surface area contributed by atoms with Gasteiger partial charge in [0.1, 0.15) is 0 Å². The summed E-state index contributed by atoms with van der Waals surface area (Å²) in [5, 5.41) is 0. The third-order valence-electron chi connectivity index (χ3n) is 4.99. The van der Waals surface area contributed by atoms with Gasteiger partial charge in [0.15, 0.2) is 0 Å². The molecule has 2 rings (SSSR count). The lowest BCUT2D eigenvalue weighted by Crippen LogP contribution is -2.27. The minimum atomic E-state index is 0.375. The van der Waals surface area contributed by atoms with Gasteiger partial charge in [-0.3, -0.25) is 0 Å². The highest BCUT2D eigenvalue weighted by molar-refractivity contribution is 5.75. The van der Waals surface area contributed by atoms with E-state index in [4.69, 9.17) is 0 Å². The van der Waals surface area contributed by atoms with Gasteiger partial charge in [-0.25, -0.2) is 0 Å². The molecule has 0 N–H and O–H groups in total. The van der Waals surface area contributed by atoms with Crippen molar-refractivity contribution in [2.75, 3.05) is 0 Å². The Kier molecular flexibility index (Phi) is 4.29. The van der Waals surface area contributed by atoms with Crippen molar-refractivity contribution in [3.63, 3.8) is 0 Å². The molecule has 0 heteroatoms. The highest BCUT2D eigenvalue weighted by Crippen LogP contribution is 2.50. The molecular weight excluding hydrogens is 228 g/mol. The van der Waals surface area contributed by atoms with Crippen LogP contribution in [0.25, 0.3) is 5.57 Å². The van der Waals surface area contributed by atoms with E-state index in [0.29, 0.717) is 11.3 Å². The van der Waals surface area contributed by atoms with Crippen LogP contribution in [0, 0.1) is 11.3 Å². The summed E-state index contributed by atoms with van der Waals surface area (Å²) >= 11 is 0. The van der Waals surface area contributed by atoms with Crippen molar-refractivity contribution >= 4 is 5.57 Å². The first kappa shape index (κ1) is 14.1. The molecule has 0 amide bonds. The zero-order valence-corrected chi connectivity index (χ0v) is 12.7. The Labute approximate surface area is 118 Å². The van der Waals surface area contributed by atoms with Crippen molar-refractivity contribution in [2.45, 2.75) is 47.0 Å². The van der Waals surface area contributed by atoms with Crippen molar-refractivity contribution in [1.82, 2.24) is 0 Å². The Bertz CT molecular complexity index is 472. The van der Waals surface area contributed by atoms with E-state index in [1.54, 1.807) is 5.57 Å². The Morgan fingerprint density at radius 2 is 1.58 bits per heavy atom. The molecule has 1 aromatic rings. The molecule has 0 spiro atoms. The lowest BCUT2D eigenvalue weighted by molar-refractivity contribution is 0.241. The normalized spacial score (nSPS) is 19.3. The largest absolute Gasteiger partial charge is 0.0648 e. The van der Waals surface area contributed by atoms with Gasteiger partial charge in [-0.2, -0.15) is 0 Å². The number of hydrogen-bond acceptors (Lipinski definition) is 0. The second-order valence-corrected chi connectivity index (χ2v) is 5.88. The summed E-state index contributed by atoms with van der Waals surface area (Å²) in [7, 11) is 0. The van der Waals surface area contributed by atoms with E-state index in [1.165, 1.54) is 24.0 Å². The first-order valence-corrected chi connectivity index (χ1v) is 7.62. The summed E-state index contributed by atoms with van der Waals surface area (Å²) in [5.74, 6) is 0.592. The monoisotopic (exact) mass is 254 g/mol. The van der Waals surface area contributed by atoms with Crippen LogP contribution in [-0.4, -0.2) is 0 Å². The predicted molar refractivity (Wildman–Crippen MR) is 85.0 cm³/mol. The Balaban J connectivity index is 2.41. The topological polar surface area (TPSA) is 0 Å². The van der Waals surface area contributed by atoms with E-state index in [1.807, 2.05) is 0 Å². The first-order valence-electron chi connectivity index (χ1n) is 7.62. The lowest BCUT2D eigenvalue weighted by Gasteiger charge is -2.38. The van der Waals surface area contributed by atoms with E-state index in [-0.39, 0.29) is 0 Å². The standard InChI is InChI=1S/C19H26/c1-5-15-13-14-17(16-11-9-8-10-12-16)18(15)19(4,6-2)7-3/h8-14,18H,5-7H2,1-4H3. The molecule has 0 saturated heterocycles. The van der Waals surface area contributed by atoms with Crippen LogP contribution >= 0.6 is 0 Å². The van der Waals surface area contributed by atoms with Crippen molar-refractivity contribution < 1.29 is 0 Å². The van der Waals surface area contributed by atoms with Crippen molar-refractivity contribution in [3.8, 4) is 0 Å². The van der Waals surface area contributed by atoms with Gasteiger partial charge in [0.05, 0.1) is 0 Å². The van der Waals surface area contributed by atoms with Crippen LogP contribution < -0.4 is 0 Å². The minimum Gasteiger partial charge on any atom is -0.0648 e. The number of hydrogen-bond donors (Lipinski definition) is 0. The molecule has 0 heterocycles. The van der Waals surface area contributed by atoms with Crippen molar-refractivity contribution in [2.24, 2.45) is 11.3 Å². The van der Waals surface area contributed by atoms with Gasteiger partial charge in [-0.05, 0) is 35.8 Å². The Hall–Kier alpha value is -1.30. The van der Waals surface area contributed by atoms with E-state index < -0.39 is 0 Å². The van der Waals surface area contributed by atoms with E-state index in [9.17, 15) is 0 Å². The molecule has 0 saturated carbocycles. The molecule has 0 aliphatic heterocycles. The fourth-order valence-electron chi connectivity index (χ4n) is 3.29. The summed E-state index contributed by atoms with van der Waals surface area (Å²) in [4.78, 5) is 0. The average molecular weight is 254 g/mol. The van der Waals surface area contributed by atoms with Crippen molar-refractivity contribution in [3.05, 3.63) is 53.6 Å². The van der Waals surface area contributed by atoms with Crippen LogP contribution in [0.4, 0.5) is 0 Å². The summed E-state index contributed by atoms with van der Waals surface area (Å²) in [6.45, 7) is 9.39. The molecule has 102 valence electrons. The van der Waals surface area contributed by atoms with E-state index in [0.717, 1.165) is 6.42 Å². The van der Waals surface area contributed by atoms with Gasteiger partial charge in [-0.15, -0.1) is 0 Å². The fourth-order valence-corrected chi connectivity index (χ4v) is 3.29. The molecule has 1 atom stereocenters. The zero-order chi connectivity index (χ0) is 13.9. The van der Waals surface area contributed by atoms with Gasteiger partial charge in [0, 0.05) is 5.92 Å². The van der Waals surface area contributed by atoms with Crippen LogP contribution in [0.3, 0.4) is 0 Å². The maximum Gasteiger partial charge on any atom is 0.0111 e. The van der Waals surface area contributed by atoms with Crippen LogP contribution in [0.5, 0.6) is 0 Å². The molecule has 19 heavy (non-hydrogen) atoms. The van der Waals surface area contributed by atoms with Gasteiger partial charge in [-0.1, -0.05) is 75.8 Å². The highest BCUT2D eigenvalue weighted by Gasteiger charge is 2.37. The molecule has 1 aromatic carbocycles. The number of benzene rings is 1. The molecule has 1 aliphatic rings. The zero-order valence-electron chi connectivity index (χ0n) is 12.7. The SMILES string of the molecule is CCC1=CC=C(c2ccccc2)C1C(C)(CC)CC. The summed E-state index contributed by atoms with van der Waals surface area (Å²) in [6, 6.07) is 10.9. The lowest BCUT2D eigenvalue weighted by atomic mass is 9.66. The fraction of sp³-hybridized carbons (Fsp3) is 0.474. The molecular formula is C19H26. The molecule has 1 aliphatic carbocycles. The molecule has 0 aromatic heterocycles. The first-order chi connectivity index (χ1) is 9.16. The minimum absolute atomic E-state index is 0.375. The smallest absolute Gasteiger partial charge is 0.0111 e. The third-order valence-corrected chi connectivity index (χ3v) is 4.99. The summed E-state index contributed by atoms with van der Waals surface area (Å²) in [6.07, 6.45) is 8.33. The van der Waals surface area contributed by atoms with Crippen LogP contribution in [-0.2, 0) is 0 Å². The Morgan fingerprint density at radius 1 is 0.947 bits per heavy atom. The van der Waals surface area contributed by atoms with Gasteiger partial charge in [0.25, 0.3) is 0 Å². The molecule has 0 radical (unpaired) electrons. The molecule has 0 bridgehead atoms. The molecule has 1 unspecified atom stereocenters. The maximum atomic E-state index is 2.45. The van der Waals surface area contributed by atoms with Gasteiger partial charge >= 0.3 is 0 Å². The molecule has 0 nitrogen and oxygen atoms in total. The summed E-state index contributed by atoms with van der Waals surface area (Å²) in [5.41, 5.74) is 4.88. The maximum absolute atomic E-state index is 2.45. The van der Waals surface area contributed by atoms with Gasteiger partial charge < -0.3 is 0 Å². The van der Waals surface area contributed by atoms with Gasteiger partial charge in [0.2, 0.25) is 0 Å². The van der Waals surface area contributed by atoms with Crippen LogP contribution in [0.1, 0.15) is 52.5 Å². The van der Waals surface area contributed by atoms with Crippen LogP contribution in [0.2, 0.25) is 0 Å². The third kappa shape index (κ3) is 2.54. The predicted octanol–water partition coefficient (Wildman–Crippen LogP) is 5.86.